The van der Waals surface area contributed by atoms with Crippen molar-refractivity contribution in [3.63, 3.8) is 0 Å². The average molecular weight is 397 g/mol. The second-order valence-corrected chi connectivity index (χ2v) is 8.63. The molecule has 3 heteroatoms. The molecule has 1 aliphatic heterocycles. The zero-order chi connectivity index (χ0) is 20.6. The number of rotatable bonds is 9. The second kappa shape index (κ2) is 10.9. The molecule has 1 heterocycles. The number of ether oxygens (including phenoxy) is 3. The van der Waals surface area contributed by atoms with Gasteiger partial charge in [-0.25, -0.2) is 0 Å². The molecule has 0 amide bonds. The van der Waals surface area contributed by atoms with Crippen molar-refractivity contribution < 1.29 is 14.2 Å². The van der Waals surface area contributed by atoms with Crippen LogP contribution in [-0.4, -0.2) is 24.4 Å². The third-order valence-corrected chi connectivity index (χ3v) is 5.82. The summed E-state index contributed by atoms with van der Waals surface area (Å²) in [6, 6.07) is 20.8. The molecule has 5 atom stereocenters. The Hall–Kier alpha value is -1.68. The fourth-order valence-corrected chi connectivity index (χ4v) is 4.25. The van der Waals surface area contributed by atoms with E-state index < -0.39 is 0 Å². The van der Waals surface area contributed by atoms with Gasteiger partial charge in [-0.05, 0) is 29.9 Å². The van der Waals surface area contributed by atoms with Gasteiger partial charge in [0.2, 0.25) is 0 Å². The first kappa shape index (κ1) is 22.0. The van der Waals surface area contributed by atoms with Gasteiger partial charge in [-0.3, -0.25) is 0 Å². The lowest BCUT2D eigenvalue weighted by Crippen LogP contribution is -2.55. The maximum absolute atomic E-state index is 6.54. The van der Waals surface area contributed by atoms with Crippen LogP contribution in [0.3, 0.4) is 0 Å². The van der Waals surface area contributed by atoms with E-state index in [0.717, 1.165) is 12.8 Å². The second-order valence-electron chi connectivity index (χ2n) is 8.63. The van der Waals surface area contributed by atoms with Crippen molar-refractivity contribution in [2.24, 2.45) is 11.8 Å². The minimum absolute atomic E-state index is 0.0152. The summed E-state index contributed by atoms with van der Waals surface area (Å²) in [4.78, 5) is 0. The highest BCUT2D eigenvalue weighted by atomic mass is 16.6. The molecule has 3 rings (SSSR count). The Labute approximate surface area is 176 Å². The number of benzene rings is 2. The minimum atomic E-state index is -0.0703. The van der Waals surface area contributed by atoms with Gasteiger partial charge in [-0.2, -0.15) is 0 Å². The van der Waals surface area contributed by atoms with Gasteiger partial charge >= 0.3 is 0 Å². The molecule has 0 spiro atoms. The molecular weight excluding hydrogens is 360 g/mol. The van der Waals surface area contributed by atoms with E-state index in [2.05, 4.69) is 76.2 Å². The smallest absolute Gasteiger partial charge is 0.111 e. The molecule has 0 bridgehead atoms. The van der Waals surface area contributed by atoms with Crippen molar-refractivity contribution >= 4 is 0 Å². The Bertz CT molecular complexity index is 700. The van der Waals surface area contributed by atoms with Crippen LogP contribution in [0.5, 0.6) is 0 Å². The molecule has 158 valence electrons. The number of hydrogen-bond acceptors (Lipinski definition) is 3. The molecule has 0 aromatic heterocycles. The molecule has 2 aromatic carbocycles. The standard InChI is InChI=1S/C26H36O3/c1-5-23-20(4)25(27-17-21-12-8-6-9-13-21)26(24(29-23)16-19(2)3)28-18-22-14-10-7-11-15-22/h6-15,19-20,23-26H,5,16-18H2,1-4H3/t20-,23+,24-,25-,26-/m0/s1. The Morgan fingerprint density at radius 1 is 0.793 bits per heavy atom. The maximum Gasteiger partial charge on any atom is 0.111 e. The minimum Gasteiger partial charge on any atom is -0.372 e. The van der Waals surface area contributed by atoms with E-state index in [1.165, 1.54) is 11.1 Å². The molecule has 0 N–H and O–H groups in total. The van der Waals surface area contributed by atoms with E-state index in [1.807, 2.05) is 12.1 Å². The molecule has 0 unspecified atom stereocenters. The monoisotopic (exact) mass is 396 g/mol. The molecule has 0 radical (unpaired) electrons. The van der Waals surface area contributed by atoms with Crippen LogP contribution in [-0.2, 0) is 27.4 Å². The highest BCUT2D eigenvalue weighted by Crippen LogP contribution is 2.35. The zero-order valence-corrected chi connectivity index (χ0v) is 18.3. The topological polar surface area (TPSA) is 27.7 Å². The summed E-state index contributed by atoms with van der Waals surface area (Å²) in [5.41, 5.74) is 2.38. The highest BCUT2D eigenvalue weighted by Gasteiger charge is 2.44. The fraction of sp³-hybridized carbons (Fsp3) is 0.538. The fourth-order valence-electron chi connectivity index (χ4n) is 4.25. The van der Waals surface area contributed by atoms with Crippen molar-refractivity contribution in [1.29, 1.82) is 0 Å². The van der Waals surface area contributed by atoms with Crippen molar-refractivity contribution in [3.05, 3.63) is 71.8 Å². The van der Waals surface area contributed by atoms with Crippen molar-refractivity contribution in [2.75, 3.05) is 0 Å². The lowest BCUT2D eigenvalue weighted by Gasteiger charge is -2.46. The van der Waals surface area contributed by atoms with E-state index in [0.29, 0.717) is 19.1 Å². The highest BCUT2D eigenvalue weighted by molar-refractivity contribution is 5.14. The molecule has 2 aromatic rings. The van der Waals surface area contributed by atoms with Crippen LogP contribution in [0, 0.1) is 11.8 Å². The predicted octanol–water partition coefficient (Wildman–Crippen LogP) is 6.02. The van der Waals surface area contributed by atoms with Gasteiger partial charge in [0.05, 0.1) is 31.5 Å². The normalized spacial score (nSPS) is 27.3. The first-order valence-electron chi connectivity index (χ1n) is 11.0. The quantitative estimate of drug-likeness (QED) is 0.519. The SMILES string of the molecule is CC[C@H]1O[C@@H](CC(C)C)[C@H](OCc2ccccc2)[C@@H](OCc2ccccc2)[C@H]1C. The predicted molar refractivity (Wildman–Crippen MR) is 118 cm³/mol. The number of hydrogen-bond donors (Lipinski definition) is 0. The summed E-state index contributed by atoms with van der Waals surface area (Å²) < 4.78 is 19.6. The van der Waals surface area contributed by atoms with E-state index >= 15 is 0 Å². The van der Waals surface area contributed by atoms with E-state index in [4.69, 9.17) is 14.2 Å². The lowest BCUT2D eigenvalue weighted by atomic mass is 9.84. The van der Waals surface area contributed by atoms with Gasteiger partial charge in [0, 0.05) is 5.92 Å². The van der Waals surface area contributed by atoms with Crippen LogP contribution in [0.1, 0.15) is 51.7 Å². The molecule has 0 saturated carbocycles. The van der Waals surface area contributed by atoms with Crippen molar-refractivity contribution in [2.45, 2.75) is 78.2 Å². The van der Waals surface area contributed by atoms with Crippen LogP contribution in [0.4, 0.5) is 0 Å². The van der Waals surface area contributed by atoms with Crippen molar-refractivity contribution in [3.8, 4) is 0 Å². The molecular formula is C26H36O3. The Morgan fingerprint density at radius 2 is 1.31 bits per heavy atom. The average Bonchev–Trinajstić information content (AvgIpc) is 2.74. The van der Waals surface area contributed by atoms with Gasteiger partial charge < -0.3 is 14.2 Å². The van der Waals surface area contributed by atoms with Gasteiger partial charge in [0.25, 0.3) is 0 Å². The molecule has 1 saturated heterocycles. The summed E-state index contributed by atoms with van der Waals surface area (Å²) in [6.07, 6.45) is 2.18. The van der Waals surface area contributed by atoms with Crippen LogP contribution in [0.2, 0.25) is 0 Å². The molecule has 3 nitrogen and oxygen atoms in total. The molecule has 29 heavy (non-hydrogen) atoms. The summed E-state index contributed by atoms with van der Waals surface area (Å²) in [5.74, 6) is 0.830. The summed E-state index contributed by atoms with van der Waals surface area (Å²) in [6.45, 7) is 10.1. The van der Waals surface area contributed by atoms with Gasteiger partial charge in [-0.1, -0.05) is 88.4 Å². The Balaban J connectivity index is 1.78. The maximum atomic E-state index is 6.54. The van der Waals surface area contributed by atoms with Crippen LogP contribution in [0.15, 0.2) is 60.7 Å². The zero-order valence-electron chi connectivity index (χ0n) is 18.3. The van der Waals surface area contributed by atoms with E-state index in [1.54, 1.807) is 0 Å². The summed E-state index contributed by atoms with van der Waals surface area (Å²) >= 11 is 0. The third-order valence-electron chi connectivity index (χ3n) is 5.82. The first-order chi connectivity index (χ1) is 14.1. The van der Waals surface area contributed by atoms with Gasteiger partial charge in [-0.15, -0.1) is 0 Å². The van der Waals surface area contributed by atoms with E-state index in [-0.39, 0.29) is 30.3 Å². The van der Waals surface area contributed by atoms with Gasteiger partial charge in [0.1, 0.15) is 6.10 Å². The Kier molecular flexibility index (Phi) is 8.29. The summed E-state index contributed by atoms with van der Waals surface area (Å²) in [5, 5.41) is 0. The molecule has 1 aliphatic rings. The van der Waals surface area contributed by atoms with Crippen LogP contribution < -0.4 is 0 Å². The summed E-state index contributed by atoms with van der Waals surface area (Å²) in [7, 11) is 0. The Morgan fingerprint density at radius 3 is 1.79 bits per heavy atom. The van der Waals surface area contributed by atoms with Gasteiger partial charge in [0.15, 0.2) is 0 Å². The van der Waals surface area contributed by atoms with Crippen molar-refractivity contribution in [1.82, 2.24) is 0 Å². The van der Waals surface area contributed by atoms with Crippen LogP contribution in [0.25, 0.3) is 0 Å². The largest absolute Gasteiger partial charge is 0.372 e. The molecule has 0 aliphatic carbocycles. The molecule has 1 fully saturated rings. The first-order valence-corrected chi connectivity index (χ1v) is 11.0. The van der Waals surface area contributed by atoms with E-state index in [9.17, 15) is 0 Å². The lowest BCUT2D eigenvalue weighted by molar-refractivity contribution is -0.235. The van der Waals surface area contributed by atoms with Crippen LogP contribution >= 0.6 is 0 Å². The third kappa shape index (κ3) is 6.15.